The normalized spacial score (nSPS) is 16.6. The lowest BCUT2D eigenvalue weighted by molar-refractivity contribution is -0.115. The number of carbonyl (C=O) groups is 2. The minimum Gasteiger partial charge on any atom is -0.324 e. The molecule has 0 bridgehead atoms. The Labute approximate surface area is 137 Å². The van der Waals surface area contributed by atoms with Gasteiger partial charge in [-0.1, -0.05) is 11.6 Å². The van der Waals surface area contributed by atoms with Gasteiger partial charge in [-0.3, -0.25) is 9.59 Å². The highest BCUT2D eigenvalue weighted by molar-refractivity contribution is 8.00. The first-order valence-electron chi connectivity index (χ1n) is 6.71. The second-order valence-electron chi connectivity index (χ2n) is 4.92. The Morgan fingerprint density at radius 3 is 2.68 bits per heavy atom. The number of nitrogens with one attached hydrogen (secondary N) is 2. The molecule has 1 heterocycles. The van der Waals surface area contributed by atoms with Gasteiger partial charge in [-0.05, 0) is 49.4 Å². The van der Waals surface area contributed by atoms with Crippen molar-refractivity contribution in [3.8, 4) is 0 Å². The molecular weight excluding hydrogens is 320 g/mol. The van der Waals surface area contributed by atoms with Gasteiger partial charge in [0.15, 0.2) is 0 Å². The van der Waals surface area contributed by atoms with E-state index in [-0.39, 0.29) is 17.1 Å². The van der Waals surface area contributed by atoms with Crippen molar-refractivity contribution in [2.75, 3.05) is 10.6 Å². The highest BCUT2D eigenvalue weighted by Crippen LogP contribution is 2.36. The molecule has 0 saturated heterocycles. The van der Waals surface area contributed by atoms with E-state index in [1.54, 1.807) is 36.4 Å². The van der Waals surface area contributed by atoms with Gasteiger partial charge in [0.2, 0.25) is 5.91 Å². The zero-order valence-electron chi connectivity index (χ0n) is 11.7. The van der Waals surface area contributed by atoms with Gasteiger partial charge in [0.1, 0.15) is 0 Å². The summed E-state index contributed by atoms with van der Waals surface area (Å²) in [6.45, 7) is 1.85. The van der Waals surface area contributed by atoms with Crippen molar-refractivity contribution in [1.29, 1.82) is 0 Å². The van der Waals surface area contributed by atoms with E-state index in [0.29, 0.717) is 22.0 Å². The zero-order valence-corrected chi connectivity index (χ0v) is 13.3. The van der Waals surface area contributed by atoms with Crippen LogP contribution in [-0.4, -0.2) is 17.1 Å². The van der Waals surface area contributed by atoms with Crippen LogP contribution < -0.4 is 10.6 Å². The van der Waals surface area contributed by atoms with Crippen LogP contribution in [0.4, 0.5) is 11.4 Å². The molecule has 0 aromatic heterocycles. The summed E-state index contributed by atoms with van der Waals surface area (Å²) in [6, 6.07) is 12.2. The van der Waals surface area contributed by atoms with Crippen molar-refractivity contribution < 1.29 is 9.59 Å². The van der Waals surface area contributed by atoms with Gasteiger partial charge in [0, 0.05) is 21.2 Å². The Balaban J connectivity index is 1.80. The van der Waals surface area contributed by atoms with Crippen LogP contribution in [0.25, 0.3) is 0 Å². The van der Waals surface area contributed by atoms with Crippen molar-refractivity contribution in [2.45, 2.75) is 17.1 Å². The van der Waals surface area contributed by atoms with Crippen molar-refractivity contribution >= 4 is 46.6 Å². The van der Waals surface area contributed by atoms with Gasteiger partial charge in [0.25, 0.3) is 5.91 Å². The fraction of sp³-hybridized carbons (Fsp3) is 0.125. The maximum atomic E-state index is 12.3. The number of amides is 2. The van der Waals surface area contributed by atoms with Gasteiger partial charge in [-0.15, -0.1) is 11.8 Å². The standard InChI is InChI=1S/C16H13ClN2O2S/c1-9-15(20)19-13-8-10(2-7-14(13)22-9)16(21)18-12-5-3-11(17)4-6-12/h2-9H,1H3,(H,18,21)(H,19,20)/t9-/m1/s1. The fourth-order valence-electron chi connectivity index (χ4n) is 2.09. The lowest BCUT2D eigenvalue weighted by atomic mass is 10.1. The molecule has 0 unspecified atom stereocenters. The monoisotopic (exact) mass is 332 g/mol. The number of carbonyl (C=O) groups excluding carboxylic acids is 2. The molecule has 22 heavy (non-hydrogen) atoms. The maximum absolute atomic E-state index is 12.3. The molecule has 1 atom stereocenters. The van der Waals surface area contributed by atoms with E-state index in [1.165, 1.54) is 11.8 Å². The summed E-state index contributed by atoms with van der Waals surface area (Å²) in [6.07, 6.45) is 0. The van der Waals surface area contributed by atoms with E-state index in [2.05, 4.69) is 10.6 Å². The molecule has 1 aliphatic heterocycles. The van der Waals surface area contributed by atoms with E-state index >= 15 is 0 Å². The second-order valence-corrected chi connectivity index (χ2v) is 6.74. The van der Waals surface area contributed by atoms with Crippen LogP contribution in [0, 0.1) is 0 Å². The van der Waals surface area contributed by atoms with Crippen LogP contribution in [0.15, 0.2) is 47.4 Å². The molecule has 2 aromatic carbocycles. The molecule has 2 aromatic rings. The Hall–Kier alpha value is -1.98. The summed E-state index contributed by atoms with van der Waals surface area (Å²) in [5, 5.41) is 6.10. The van der Waals surface area contributed by atoms with E-state index in [1.807, 2.05) is 13.0 Å². The van der Waals surface area contributed by atoms with Crippen LogP contribution in [0.5, 0.6) is 0 Å². The first kappa shape index (κ1) is 14.9. The molecule has 2 N–H and O–H groups in total. The van der Waals surface area contributed by atoms with Crippen LogP contribution in [-0.2, 0) is 4.79 Å². The lowest BCUT2D eigenvalue weighted by Crippen LogP contribution is -2.26. The molecule has 6 heteroatoms. The molecule has 0 fully saturated rings. The average Bonchev–Trinajstić information content (AvgIpc) is 2.50. The van der Waals surface area contributed by atoms with E-state index < -0.39 is 0 Å². The summed E-state index contributed by atoms with van der Waals surface area (Å²) >= 11 is 7.30. The molecule has 0 spiro atoms. The minimum absolute atomic E-state index is 0.0484. The molecule has 1 aliphatic rings. The molecule has 0 aliphatic carbocycles. The summed E-state index contributed by atoms with van der Waals surface area (Å²) in [7, 11) is 0. The average molecular weight is 333 g/mol. The van der Waals surface area contributed by atoms with Gasteiger partial charge in [-0.2, -0.15) is 0 Å². The Morgan fingerprint density at radius 2 is 1.95 bits per heavy atom. The van der Waals surface area contributed by atoms with Crippen LogP contribution >= 0.6 is 23.4 Å². The minimum atomic E-state index is -0.233. The molecule has 4 nitrogen and oxygen atoms in total. The van der Waals surface area contributed by atoms with Gasteiger partial charge in [0.05, 0.1) is 10.9 Å². The largest absolute Gasteiger partial charge is 0.324 e. The number of thioether (sulfide) groups is 1. The molecule has 0 radical (unpaired) electrons. The van der Waals surface area contributed by atoms with E-state index in [0.717, 1.165) is 4.90 Å². The van der Waals surface area contributed by atoms with Crippen LogP contribution in [0.3, 0.4) is 0 Å². The second kappa shape index (κ2) is 6.02. The Kier molecular flexibility index (Phi) is 4.09. The van der Waals surface area contributed by atoms with Gasteiger partial charge in [-0.25, -0.2) is 0 Å². The topological polar surface area (TPSA) is 58.2 Å². The summed E-state index contributed by atoms with van der Waals surface area (Å²) in [4.78, 5) is 25.0. The van der Waals surface area contributed by atoms with E-state index in [9.17, 15) is 9.59 Å². The molecular formula is C16H13ClN2O2S. The zero-order chi connectivity index (χ0) is 15.7. The Bertz CT molecular complexity index is 746. The Morgan fingerprint density at radius 1 is 1.23 bits per heavy atom. The van der Waals surface area contributed by atoms with Crippen molar-refractivity contribution in [3.05, 3.63) is 53.1 Å². The maximum Gasteiger partial charge on any atom is 0.255 e. The number of fused-ring (bicyclic) bond motifs is 1. The first-order chi connectivity index (χ1) is 10.5. The van der Waals surface area contributed by atoms with Crippen molar-refractivity contribution in [3.63, 3.8) is 0 Å². The number of rotatable bonds is 2. The van der Waals surface area contributed by atoms with Gasteiger partial charge < -0.3 is 10.6 Å². The van der Waals surface area contributed by atoms with E-state index in [4.69, 9.17) is 11.6 Å². The van der Waals surface area contributed by atoms with Crippen molar-refractivity contribution in [2.24, 2.45) is 0 Å². The summed E-state index contributed by atoms with van der Waals surface area (Å²) in [5.74, 6) is -0.282. The number of benzene rings is 2. The van der Waals surface area contributed by atoms with Crippen LogP contribution in [0.1, 0.15) is 17.3 Å². The molecule has 2 amide bonds. The third-order valence-corrected chi connectivity index (χ3v) is 4.70. The highest BCUT2D eigenvalue weighted by Gasteiger charge is 2.23. The summed E-state index contributed by atoms with van der Waals surface area (Å²) in [5.41, 5.74) is 1.83. The first-order valence-corrected chi connectivity index (χ1v) is 7.97. The number of hydrogen-bond donors (Lipinski definition) is 2. The molecule has 3 rings (SSSR count). The smallest absolute Gasteiger partial charge is 0.255 e. The summed E-state index contributed by atoms with van der Waals surface area (Å²) < 4.78 is 0. The predicted octanol–water partition coefficient (Wildman–Crippen LogP) is 4.03. The predicted molar refractivity (Wildman–Crippen MR) is 89.8 cm³/mol. The SMILES string of the molecule is C[C@H]1Sc2ccc(C(=O)Nc3ccc(Cl)cc3)cc2NC1=O. The highest BCUT2D eigenvalue weighted by atomic mass is 35.5. The van der Waals surface area contributed by atoms with Crippen molar-refractivity contribution in [1.82, 2.24) is 0 Å². The third-order valence-electron chi connectivity index (χ3n) is 3.27. The number of hydrogen-bond acceptors (Lipinski definition) is 3. The lowest BCUT2D eigenvalue weighted by Gasteiger charge is -2.21. The number of anilines is 2. The molecule has 112 valence electrons. The van der Waals surface area contributed by atoms with Crippen LogP contribution in [0.2, 0.25) is 5.02 Å². The number of halogens is 1. The molecule has 0 saturated carbocycles. The fourth-order valence-corrected chi connectivity index (χ4v) is 3.14. The third kappa shape index (κ3) is 3.10. The quantitative estimate of drug-likeness (QED) is 0.873. The van der Waals surface area contributed by atoms with Gasteiger partial charge >= 0.3 is 0 Å².